The number of rotatable bonds is 5. The molecule has 16 heavy (non-hydrogen) atoms. The van der Waals surface area contributed by atoms with Crippen LogP contribution in [-0.2, 0) is 6.42 Å². The minimum Gasteiger partial charge on any atom is -0.394 e. The summed E-state index contributed by atoms with van der Waals surface area (Å²) in [4.78, 5) is 2.19. The number of benzene rings is 1. The molecule has 3 heteroatoms. The third kappa shape index (κ3) is 3.89. The molecule has 0 saturated heterocycles. The van der Waals surface area contributed by atoms with Gasteiger partial charge in [-0.3, -0.25) is 4.90 Å². The minimum atomic E-state index is -0.147. The number of hydrogen-bond donors (Lipinski definition) is 1. The predicted octanol–water partition coefficient (Wildman–Crippen LogP) is 2.69. The highest BCUT2D eigenvalue weighted by molar-refractivity contribution is 9.10. The topological polar surface area (TPSA) is 23.5 Å². The van der Waals surface area contributed by atoms with Crippen LogP contribution in [0.5, 0.6) is 0 Å². The second-order valence-electron chi connectivity index (χ2n) is 4.77. The Hall–Kier alpha value is -0.380. The first-order valence-electron chi connectivity index (χ1n) is 5.52. The number of hydrogen-bond acceptors (Lipinski definition) is 2. The average molecular weight is 286 g/mol. The molecule has 0 amide bonds. The van der Waals surface area contributed by atoms with Crippen LogP contribution in [0, 0.1) is 0 Å². The maximum atomic E-state index is 9.26. The smallest absolute Gasteiger partial charge is 0.0609 e. The Kier molecular flexibility index (Phi) is 4.96. The molecule has 2 nitrogen and oxygen atoms in total. The summed E-state index contributed by atoms with van der Waals surface area (Å²) in [5.74, 6) is 0. The molecule has 0 bridgehead atoms. The summed E-state index contributed by atoms with van der Waals surface area (Å²) in [6, 6.07) is 8.35. The SMILES string of the molecule is CN(CCc1cccc(Br)c1)C(C)(C)CO. The Balaban J connectivity index is 2.52. The number of nitrogens with zero attached hydrogens (tertiary/aromatic N) is 1. The fourth-order valence-electron chi connectivity index (χ4n) is 1.41. The van der Waals surface area contributed by atoms with E-state index in [1.807, 2.05) is 27.0 Å². The van der Waals surface area contributed by atoms with E-state index in [9.17, 15) is 5.11 Å². The predicted molar refractivity (Wildman–Crippen MR) is 71.6 cm³/mol. The number of aliphatic hydroxyl groups excluding tert-OH is 1. The first-order chi connectivity index (χ1) is 7.45. The molecule has 0 radical (unpaired) electrons. The lowest BCUT2D eigenvalue weighted by Gasteiger charge is -2.33. The lowest BCUT2D eigenvalue weighted by molar-refractivity contribution is 0.0801. The van der Waals surface area contributed by atoms with Crippen molar-refractivity contribution in [1.29, 1.82) is 0 Å². The third-order valence-electron chi connectivity index (χ3n) is 3.05. The molecule has 0 saturated carbocycles. The Morgan fingerprint density at radius 1 is 1.38 bits per heavy atom. The van der Waals surface area contributed by atoms with Crippen molar-refractivity contribution in [1.82, 2.24) is 4.90 Å². The van der Waals surface area contributed by atoms with Crippen molar-refractivity contribution < 1.29 is 5.11 Å². The Morgan fingerprint density at radius 3 is 2.62 bits per heavy atom. The van der Waals surface area contributed by atoms with Gasteiger partial charge in [-0.15, -0.1) is 0 Å². The van der Waals surface area contributed by atoms with Crippen molar-refractivity contribution in [2.24, 2.45) is 0 Å². The zero-order valence-electron chi connectivity index (χ0n) is 10.2. The van der Waals surface area contributed by atoms with E-state index in [1.54, 1.807) is 0 Å². The van der Waals surface area contributed by atoms with Gasteiger partial charge in [0, 0.05) is 16.6 Å². The minimum absolute atomic E-state index is 0.147. The Morgan fingerprint density at radius 2 is 2.06 bits per heavy atom. The fourth-order valence-corrected chi connectivity index (χ4v) is 1.86. The second kappa shape index (κ2) is 5.80. The summed E-state index contributed by atoms with van der Waals surface area (Å²) in [7, 11) is 2.05. The summed E-state index contributed by atoms with van der Waals surface area (Å²) < 4.78 is 1.12. The van der Waals surface area contributed by atoms with E-state index in [0.29, 0.717) is 0 Å². The van der Waals surface area contributed by atoms with Gasteiger partial charge in [0.25, 0.3) is 0 Å². The molecule has 0 aromatic heterocycles. The molecule has 1 aromatic carbocycles. The molecule has 1 N–H and O–H groups in total. The molecule has 1 rings (SSSR count). The van der Waals surface area contributed by atoms with Crippen molar-refractivity contribution in [3.8, 4) is 0 Å². The van der Waals surface area contributed by atoms with Gasteiger partial charge in [-0.05, 0) is 45.0 Å². The molecule has 0 unspecified atom stereocenters. The molecule has 0 spiro atoms. The molecule has 90 valence electrons. The van der Waals surface area contributed by atoms with Gasteiger partial charge >= 0.3 is 0 Å². The number of likely N-dealkylation sites (N-methyl/N-ethyl adjacent to an activating group) is 1. The van der Waals surface area contributed by atoms with Gasteiger partial charge in [0.2, 0.25) is 0 Å². The summed E-state index contributed by atoms with van der Waals surface area (Å²) in [5, 5.41) is 9.26. The molecule has 0 fully saturated rings. The van der Waals surface area contributed by atoms with Gasteiger partial charge in [-0.2, -0.15) is 0 Å². The highest BCUT2D eigenvalue weighted by Crippen LogP contribution is 2.15. The quantitative estimate of drug-likeness (QED) is 0.899. The van der Waals surface area contributed by atoms with E-state index >= 15 is 0 Å². The summed E-state index contributed by atoms with van der Waals surface area (Å²) >= 11 is 3.47. The summed E-state index contributed by atoms with van der Waals surface area (Å²) in [5.41, 5.74) is 1.17. The van der Waals surface area contributed by atoms with Gasteiger partial charge in [-0.25, -0.2) is 0 Å². The second-order valence-corrected chi connectivity index (χ2v) is 5.69. The zero-order valence-corrected chi connectivity index (χ0v) is 11.8. The van der Waals surface area contributed by atoms with E-state index in [4.69, 9.17) is 0 Å². The summed E-state index contributed by atoms with van der Waals surface area (Å²) in [6.07, 6.45) is 0.999. The van der Waals surface area contributed by atoms with Crippen LogP contribution < -0.4 is 0 Å². The number of halogens is 1. The first-order valence-corrected chi connectivity index (χ1v) is 6.31. The molecule has 0 atom stereocenters. The lowest BCUT2D eigenvalue weighted by atomic mass is 10.0. The molecule has 0 aliphatic rings. The van der Waals surface area contributed by atoms with Crippen LogP contribution in [0.1, 0.15) is 19.4 Å². The van der Waals surface area contributed by atoms with E-state index in [1.165, 1.54) is 5.56 Å². The van der Waals surface area contributed by atoms with E-state index in [-0.39, 0.29) is 12.1 Å². The fraction of sp³-hybridized carbons (Fsp3) is 0.538. The zero-order chi connectivity index (χ0) is 12.2. The van der Waals surface area contributed by atoms with Crippen LogP contribution in [0.4, 0.5) is 0 Å². The highest BCUT2D eigenvalue weighted by atomic mass is 79.9. The van der Waals surface area contributed by atoms with Gasteiger partial charge in [-0.1, -0.05) is 28.1 Å². The van der Waals surface area contributed by atoms with Crippen LogP contribution in [0.3, 0.4) is 0 Å². The largest absolute Gasteiger partial charge is 0.394 e. The maximum Gasteiger partial charge on any atom is 0.0609 e. The maximum absolute atomic E-state index is 9.26. The van der Waals surface area contributed by atoms with Crippen molar-refractivity contribution in [2.45, 2.75) is 25.8 Å². The van der Waals surface area contributed by atoms with Gasteiger partial charge in [0.15, 0.2) is 0 Å². The van der Waals surface area contributed by atoms with Crippen molar-refractivity contribution >= 4 is 15.9 Å². The molecule has 0 aliphatic heterocycles. The van der Waals surface area contributed by atoms with Crippen LogP contribution in [0.2, 0.25) is 0 Å². The van der Waals surface area contributed by atoms with Crippen LogP contribution >= 0.6 is 15.9 Å². The van der Waals surface area contributed by atoms with Crippen molar-refractivity contribution in [3.63, 3.8) is 0 Å². The summed E-state index contributed by atoms with van der Waals surface area (Å²) in [6.45, 7) is 5.23. The molecule has 0 heterocycles. The third-order valence-corrected chi connectivity index (χ3v) is 3.54. The van der Waals surface area contributed by atoms with E-state index in [0.717, 1.165) is 17.4 Å². The van der Waals surface area contributed by atoms with Gasteiger partial charge < -0.3 is 5.11 Å². The first kappa shape index (κ1) is 13.7. The molecule has 0 aliphatic carbocycles. The standard InChI is InChI=1S/C13H20BrNO/c1-13(2,10-16)15(3)8-7-11-5-4-6-12(14)9-11/h4-6,9,16H,7-8,10H2,1-3H3. The van der Waals surface area contributed by atoms with Gasteiger partial charge in [0.05, 0.1) is 6.61 Å². The lowest BCUT2D eigenvalue weighted by Crippen LogP contribution is -2.45. The Bertz CT molecular complexity index is 338. The van der Waals surface area contributed by atoms with Crippen molar-refractivity contribution in [2.75, 3.05) is 20.2 Å². The normalized spacial score (nSPS) is 12.1. The van der Waals surface area contributed by atoms with Crippen LogP contribution in [0.15, 0.2) is 28.7 Å². The average Bonchev–Trinajstić information content (AvgIpc) is 2.26. The van der Waals surface area contributed by atoms with E-state index < -0.39 is 0 Å². The highest BCUT2D eigenvalue weighted by Gasteiger charge is 2.21. The van der Waals surface area contributed by atoms with E-state index in [2.05, 4.69) is 39.0 Å². The van der Waals surface area contributed by atoms with Gasteiger partial charge in [0.1, 0.15) is 0 Å². The monoisotopic (exact) mass is 285 g/mol. The van der Waals surface area contributed by atoms with Crippen molar-refractivity contribution in [3.05, 3.63) is 34.3 Å². The number of aliphatic hydroxyl groups is 1. The molecular weight excluding hydrogens is 266 g/mol. The molecule has 1 aromatic rings. The van der Waals surface area contributed by atoms with Crippen LogP contribution in [-0.4, -0.2) is 35.7 Å². The van der Waals surface area contributed by atoms with Crippen LogP contribution in [0.25, 0.3) is 0 Å². The molecular formula is C13H20BrNO. The Labute approximate surface area is 106 Å².